The van der Waals surface area contributed by atoms with Crippen LogP contribution in [0.4, 0.5) is 0 Å². The van der Waals surface area contributed by atoms with Crippen LogP contribution < -0.4 is 14.8 Å². The predicted molar refractivity (Wildman–Crippen MR) is 112 cm³/mol. The zero-order valence-corrected chi connectivity index (χ0v) is 17.8. The SMILES string of the molecule is Cc1ccc2c(c1)[C@@H](NC(=O)COc1ccccc1C(C)(C)C)CC(C)(C)O2. The van der Waals surface area contributed by atoms with Crippen LogP contribution in [0.2, 0.25) is 0 Å². The molecule has 1 amide bonds. The molecule has 0 bridgehead atoms. The highest BCUT2D eigenvalue weighted by Gasteiger charge is 2.34. The number of ether oxygens (including phenoxy) is 2. The quantitative estimate of drug-likeness (QED) is 0.802. The molecule has 0 saturated heterocycles. The zero-order valence-electron chi connectivity index (χ0n) is 17.8. The number of carbonyl (C=O) groups is 1. The molecule has 4 heteroatoms. The Morgan fingerprint density at radius 2 is 1.93 bits per heavy atom. The van der Waals surface area contributed by atoms with Crippen molar-refractivity contribution >= 4 is 5.91 Å². The Balaban J connectivity index is 1.72. The highest BCUT2D eigenvalue weighted by molar-refractivity contribution is 5.78. The third-order valence-corrected chi connectivity index (χ3v) is 5.01. The summed E-state index contributed by atoms with van der Waals surface area (Å²) in [7, 11) is 0. The van der Waals surface area contributed by atoms with E-state index in [0.717, 1.165) is 28.2 Å². The Kier molecular flexibility index (Phi) is 5.42. The van der Waals surface area contributed by atoms with E-state index in [9.17, 15) is 4.79 Å². The van der Waals surface area contributed by atoms with Gasteiger partial charge < -0.3 is 14.8 Å². The number of benzene rings is 2. The van der Waals surface area contributed by atoms with Crippen LogP contribution in [-0.4, -0.2) is 18.1 Å². The van der Waals surface area contributed by atoms with Gasteiger partial charge in [0.1, 0.15) is 17.1 Å². The Morgan fingerprint density at radius 1 is 1.21 bits per heavy atom. The van der Waals surface area contributed by atoms with Gasteiger partial charge in [-0.05, 0) is 43.9 Å². The molecule has 2 aromatic carbocycles. The van der Waals surface area contributed by atoms with Gasteiger partial charge in [-0.15, -0.1) is 0 Å². The van der Waals surface area contributed by atoms with Crippen molar-refractivity contribution < 1.29 is 14.3 Å². The second-order valence-electron chi connectivity index (χ2n) is 9.26. The van der Waals surface area contributed by atoms with Gasteiger partial charge in [-0.25, -0.2) is 0 Å². The summed E-state index contributed by atoms with van der Waals surface area (Å²) in [6.45, 7) is 12.5. The van der Waals surface area contributed by atoms with Crippen LogP contribution >= 0.6 is 0 Å². The third-order valence-electron chi connectivity index (χ3n) is 5.01. The number of hydrogen-bond acceptors (Lipinski definition) is 3. The Morgan fingerprint density at radius 3 is 2.64 bits per heavy atom. The van der Waals surface area contributed by atoms with Crippen molar-refractivity contribution in [3.63, 3.8) is 0 Å². The van der Waals surface area contributed by atoms with E-state index >= 15 is 0 Å². The first-order valence-corrected chi connectivity index (χ1v) is 9.86. The molecule has 0 fully saturated rings. The summed E-state index contributed by atoms with van der Waals surface area (Å²) >= 11 is 0. The minimum Gasteiger partial charge on any atom is -0.487 e. The molecule has 1 aliphatic heterocycles. The fraction of sp³-hybridized carbons (Fsp3) is 0.458. The first-order chi connectivity index (χ1) is 13.0. The molecular formula is C24H31NO3. The fourth-order valence-electron chi connectivity index (χ4n) is 3.69. The molecule has 1 N–H and O–H groups in total. The molecule has 1 aliphatic rings. The van der Waals surface area contributed by atoms with Crippen LogP contribution in [-0.2, 0) is 10.2 Å². The highest BCUT2D eigenvalue weighted by Crippen LogP contribution is 2.40. The second kappa shape index (κ2) is 7.50. The van der Waals surface area contributed by atoms with Gasteiger partial charge in [0.05, 0.1) is 6.04 Å². The van der Waals surface area contributed by atoms with Crippen molar-refractivity contribution in [2.24, 2.45) is 0 Å². The van der Waals surface area contributed by atoms with Crippen LogP contribution in [0, 0.1) is 6.92 Å². The Hall–Kier alpha value is -2.49. The highest BCUT2D eigenvalue weighted by atomic mass is 16.5. The van der Waals surface area contributed by atoms with Gasteiger partial charge in [0.2, 0.25) is 0 Å². The maximum absolute atomic E-state index is 12.7. The Labute approximate surface area is 168 Å². The molecule has 150 valence electrons. The Bertz CT molecular complexity index is 864. The summed E-state index contributed by atoms with van der Waals surface area (Å²) in [5, 5.41) is 3.14. The summed E-state index contributed by atoms with van der Waals surface area (Å²) in [6.07, 6.45) is 0.716. The zero-order chi connectivity index (χ0) is 20.5. The number of fused-ring (bicyclic) bond motifs is 1. The number of rotatable bonds is 4. The van der Waals surface area contributed by atoms with E-state index in [2.05, 4.69) is 32.2 Å². The molecule has 0 saturated carbocycles. The van der Waals surface area contributed by atoms with Crippen LogP contribution in [0.5, 0.6) is 11.5 Å². The minimum absolute atomic E-state index is 0.00791. The lowest BCUT2D eigenvalue weighted by atomic mass is 9.86. The fourth-order valence-corrected chi connectivity index (χ4v) is 3.69. The van der Waals surface area contributed by atoms with Crippen LogP contribution in [0.25, 0.3) is 0 Å². The van der Waals surface area contributed by atoms with Gasteiger partial charge in [0, 0.05) is 12.0 Å². The molecular weight excluding hydrogens is 350 g/mol. The van der Waals surface area contributed by atoms with Gasteiger partial charge >= 0.3 is 0 Å². The summed E-state index contributed by atoms with van der Waals surface area (Å²) in [4.78, 5) is 12.7. The van der Waals surface area contributed by atoms with Crippen LogP contribution in [0.1, 0.15) is 63.8 Å². The van der Waals surface area contributed by atoms with E-state index in [1.165, 1.54) is 0 Å². The minimum atomic E-state index is -0.333. The first-order valence-electron chi connectivity index (χ1n) is 9.86. The first kappa shape index (κ1) is 20.2. The van der Waals surface area contributed by atoms with Crippen molar-refractivity contribution in [1.29, 1.82) is 0 Å². The average molecular weight is 382 g/mol. The molecule has 1 atom stereocenters. The second-order valence-corrected chi connectivity index (χ2v) is 9.26. The molecule has 0 aromatic heterocycles. The summed E-state index contributed by atoms with van der Waals surface area (Å²) in [5.41, 5.74) is 2.89. The largest absolute Gasteiger partial charge is 0.487 e. The number of amides is 1. The molecule has 0 spiro atoms. The van der Waals surface area contributed by atoms with Crippen molar-refractivity contribution in [1.82, 2.24) is 5.32 Å². The molecule has 4 nitrogen and oxygen atoms in total. The number of carbonyl (C=O) groups excluding carboxylic acids is 1. The third kappa shape index (κ3) is 4.67. The lowest BCUT2D eigenvalue weighted by Crippen LogP contribution is -2.42. The molecule has 2 aromatic rings. The predicted octanol–water partition coefficient (Wildman–Crippen LogP) is 5.09. The maximum atomic E-state index is 12.7. The maximum Gasteiger partial charge on any atom is 0.258 e. The summed E-state index contributed by atoms with van der Waals surface area (Å²) in [5.74, 6) is 1.47. The van der Waals surface area contributed by atoms with E-state index < -0.39 is 0 Å². The molecule has 0 radical (unpaired) electrons. The van der Waals surface area contributed by atoms with E-state index in [4.69, 9.17) is 9.47 Å². The van der Waals surface area contributed by atoms with Crippen LogP contribution in [0.3, 0.4) is 0 Å². The number of para-hydroxylation sites is 1. The van der Waals surface area contributed by atoms with Crippen molar-refractivity contribution in [3.8, 4) is 11.5 Å². The van der Waals surface area contributed by atoms with E-state index in [-0.39, 0.29) is 29.6 Å². The van der Waals surface area contributed by atoms with Crippen molar-refractivity contribution in [2.45, 2.75) is 65.0 Å². The summed E-state index contributed by atoms with van der Waals surface area (Å²) < 4.78 is 12.0. The van der Waals surface area contributed by atoms with Gasteiger partial charge in [0.25, 0.3) is 5.91 Å². The van der Waals surface area contributed by atoms with Crippen molar-refractivity contribution in [2.75, 3.05) is 6.61 Å². The van der Waals surface area contributed by atoms with Gasteiger partial charge in [-0.3, -0.25) is 4.79 Å². The number of hydrogen-bond donors (Lipinski definition) is 1. The monoisotopic (exact) mass is 381 g/mol. The lowest BCUT2D eigenvalue weighted by molar-refractivity contribution is -0.124. The van der Waals surface area contributed by atoms with Gasteiger partial charge in [0.15, 0.2) is 6.61 Å². The molecule has 0 aliphatic carbocycles. The normalized spacial score (nSPS) is 18.0. The molecule has 1 heterocycles. The smallest absolute Gasteiger partial charge is 0.258 e. The number of aryl methyl sites for hydroxylation is 1. The summed E-state index contributed by atoms with van der Waals surface area (Å²) in [6, 6.07) is 13.9. The molecule has 3 rings (SSSR count). The topological polar surface area (TPSA) is 47.6 Å². The standard InChI is InChI=1S/C24H31NO3/c1-16-11-12-20-17(13-16)19(14-24(5,6)28-20)25-22(26)15-27-21-10-8-7-9-18(21)23(2,3)4/h7-13,19H,14-15H2,1-6H3,(H,25,26)/t19-/m0/s1. The van der Waals surface area contributed by atoms with Gasteiger partial charge in [-0.2, -0.15) is 0 Å². The number of nitrogens with one attached hydrogen (secondary N) is 1. The van der Waals surface area contributed by atoms with E-state index in [1.54, 1.807) is 0 Å². The van der Waals surface area contributed by atoms with E-state index in [0.29, 0.717) is 6.42 Å². The molecule has 0 unspecified atom stereocenters. The van der Waals surface area contributed by atoms with Crippen molar-refractivity contribution in [3.05, 3.63) is 59.2 Å². The average Bonchev–Trinajstić information content (AvgIpc) is 2.59. The lowest BCUT2D eigenvalue weighted by Gasteiger charge is -2.38. The van der Waals surface area contributed by atoms with Crippen LogP contribution in [0.15, 0.2) is 42.5 Å². The van der Waals surface area contributed by atoms with Gasteiger partial charge in [-0.1, -0.05) is 56.7 Å². The molecule has 28 heavy (non-hydrogen) atoms. The van der Waals surface area contributed by atoms with E-state index in [1.807, 2.05) is 57.2 Å².